The van der Waals surface area contributed by atoms with Crippen LogP contribution >= 0.6 is 0 Å². The van der Waals surface area contributed by atoms with E-state index in [4.69, 9.17) is 0 Å². The maximum absolute atomic E-state index is 12.7. The number of likely N-dealkylation sites (tertiary alicyclic amines) is 1. The zero-order valence-electron chi connectivity index (χ0n) is 15.9. The molecule has 1 aliphatic heterocycles. The second-order valence-corrected chi connectivity index (χ2v) is 8.34. The van der Waals surface area contributed by atoms with E-state index in [1.165, 1.54) is 4.68 Å². The Morgan fingerprint density at radius 3 is 2.70 bits per heavy atom. The Hall–Kier alpha value is -2.89. The summed E-state index contributed by atoms with van der Waals surface area (Å²) in [6.07, 6.45) is 1.87. The summed E-state index contributed by atoms with van der Waals surface area (Å²) >= 11 is 0. The van der Waals surface area contributed by atoms with Gasteiger partial charge in [0.25, 0.3) is 11.5 Å². The topological polar surface area (TPSA) is 71.0 Å². The fourth-order valence-corrected chi connectivity index (χ4v) is 3.44. The number of H-pyrrole nitrogens is 1. The zero-order chi connectivity index (χ0) is 19.2. The average Bonchev–Trinajstić information content (AvgIpc) is 3.05. The van der Waals surface area contributed by atoms with Crippen LogP contribution in [0.2, 0.25) is 0 Å². The first-order valence-electron chi connectivity index (χ1n) is 9.26. The number of carbonyl (C=O) groups excluding carboxylic acids is 1. The molecule has 140 valence electrons. The van der Waals surface area contributed by atoms with E-state index in [0.29, 0.717) is 25.2 Å². The van der Waals surface area contributed by atoms with Crippen LogP contribution in [-0.4, -0.2) is 38.7 Å². The van der Waals surface area contributed by atoms with Crippen molar-refractivity contribution in [2.75, 3.05) is 13.1 Å². The molecule has 3 heterocycles. The number of fused-ring (bicyclic) bond motifs is 1. The molecule has 0 bridgehead atoms. The molecule has 2 aromatic heterocycles. The monoisotopic (exact) mass is 364 g/mol. The Balaban J connectivity index is 1.42. The van der Waals surface area contributed by atoms with Crippen molar-refractivity contribution in [1.29, 1.82) is 0 Å². The predicted octanol–water partition coefficient (Wildman–Crippen LogP) is 2.79. The third-order valence-corrected chi connectivity index (χ3v) is 5.11. The lowest BCUT2D eigenvalue weighted by Gasteiger charge is -2.39. The van der Waals surface area contributed by atoms with Gasteiger partial charge >= 0.3 is 0 Å². The highest BCUT2D eigenvalue weighted by atomic mass is 16.2. The van der Waals surface area contributed by atoms with E-state index in [9.17, 15) is 9.59 Å². The van der Waals surface area contributed by atoms with Crippen LogP contribution in [0.4, 0.5) is 0 Å². The lowest BCUT2D eigenvalue weighted by molar-refractivity contribution is 0.0458. The van der Waals surface area contributed by atoms with E-state index in [1.54, 1.807) is 12.1 Å². The standard InChI is InChI=1S/C21H24N4O2/c1-21(2,3)18-6-7-19(26)25(23-18)13-14-11-24(12-14)20(27)16-5-4-15-8-9-22-17(15)10-16/h4-10,14,22H,11-13H2,1-3H3. The van der Waals surface area contributed by atoms with Gasteiger partial charge in [-0.15, -0.1) is 0 Å². The summed E-state index contributed by atoms with van der Waals surface area (Å²) in [4.78, 5) is 29.8. The highest BCUT2D eigenvalue weighted by Gasteiger charge is 2.32. The summed E-state index contributed by atoms with van der Waals surface area (Å²) in [5.41, 5.74) is 2.35. The number of benzene rings is 1. The molecule has 0 radical (unpaired) electrons. The second-order valence-electron chi connectivity index (χ2n) is 8.34. The summed E-state index contributed by atoms with van der Waals surface area (Å²) in [7, 11) is 0. The fraction of sp³-hybridized carbons (Fsp3) is 0.381. The van der Waals surface area contributed by atoms with Crippen LogP contribution < -0.4 is 5.56 Å². The minimum Gasteiger partial charge on any atom is -0.361 e. The van der Waals surface area contributed by atoms with E-state index in [2.05, 4.69) is 30.9 Å². The number of aromatic nitrogens is 3. The van der Waals surface area contributed by atoms with E-state index >= 15 is 0 Å². The van der Waals surface area contributed by atoms with Gasteiger partial charge in [0, 0.05) is 47.8 Å². The lowest BCUT2D eigenvalue weighted by atomic mass is 9.92. The number of rotatable bonds is 3. The molecule has 0 atom stereocenters. The first-order chi connectivity index (χ1) is 12.8. The molecule has 1 aliphatic rings. The van der Waals surface area contributed by atoms with E-state index < -0.39 is 0 Å². The fourth-order valence-electron chi connectivity index (χ4n) is 3.44. The third kappa shape index (κ3) is 3.39. The smallest absolute Gasteiger partial charge is 0.266 e. The van der Waals surface area contributed by atoms with Crippen LogP contribution in [0.3, 0.4) is 0 Å². The first kappa shape index (κ1) is 17.5. The van der Waals surface area contributed by atoms with Crippen molar-refractivity contribution in [2.24, 2.45) is 5.92 Å². The molecule has 27 heavy (non-hydrogen) atoms. The average molecular weight is 364 g/mol. The molecule has 1 amide bonds. The molecule has 0 spiro atoms. The molecule has 6 heteroatoms. The maximum atomic E-state index is 12.7. The highest BCUT2D eigenvalue weighted by Crippen LogP contribution is 2.23. The number of hydrogen-bond acceptors (Lipinski definition) is 3. The number of hydrogen-bond donors (Lipinski definition) is 1. The van der Waals surface area contributed by atoms with Crippen molar-refractivity contribution in [2.45, 2.75) is 32.7 Å². The van der Waals surface area contributed by atoms with Gasteiger partial charge in [-0.25, -0.2) is 4.68 Å². The molecule has 4 rings (SSSR count). The molecular weight excluding hydrogens is 340 g/mol. The number of aromatic amines is 1. The molecule has 6 nitrogen and oxygen atoms in total. The third-order valence-electron chi connectivity index (χ3n) is 5.11. The summed E-state index contributed by atoms with van der Waals surface area (Å²) < 4.78 is 1.54. The van der Waals surface area contributed by atoms with Gasteiger partial charge in [0.15, 0.2) is 0 Å². The van der Waals surface area contributed by atoms with Gasteiger partial charge < -0.3 is 9.88 Å². The van der Waals surface area contributed by atoms with E-state index in [-0.39, 0.29) is 22.8 Å². The SMILES string of the molecule is CC(C)(C)c1ccc(=O)n(CC2CN(C(=O)c3ccc4cc[nH]c4c3)C2)n1. The van der Waals surface area contributed by atoms with Gasteiger partial charge in [-0.2, -0.15) is 5.10 Å². The van der Waals surface area contributed by atoms with Crippen molar-refractivity contribution in [3.63, 3.8) is 0 Å². The van der Waals surface area contributed by atoms with Crippen molar-refractivity contribution in [3.05, 3.63) is 64.2 Å². The Kier molecular flexibility index (Phi) is 4.13. The molecule has 0 saturated carbocycles. The van der Waals surface area contributed by atoms with E-state index in [0.717, 1.165) is 16.6 Å². The molecular formula is C21H24N4O2. The van der Waals surface area contributed by atoms with Crippen LogP contribution in [0.15, 0.2) is 47.4 Å². The van der Waals surface area contributed by atoms with Crippen LogP contribution in [-0.2, 0) is 12.0 Å². The molecule has 1 saturated heterocycles. The summed E-state index contributed by atoms with van der Waals surface area (Å²) in [6.45, 7) is 8.08. The minimum absolute atomic E-state index is 0.0338. The van der Waals surface area contributed by atoms with Gasteiger partial charge in [0.2, 0.25) is 0 Å². The number of carbonyl (C=O) groups is 1. The number of nitrogens with zero attached hydrogens (tertiary/aromatic N) is 3. The van der Waals surface area contributed by atoms with Gasteiger partial charge in [-0.1, -0.05) is 26.8 Å². The first-order valence-corrected chi connectivity index (χ1v) is 9.26. The van der Waals surface area contributed by atoms with Gasteiger partial charge in [-0.3, -0.25) is 9.59 Å². The molecule has 1 N–H and O–H groups in total. The number of nitrogens with one attached hydrogen (secondary N) is 1. The normalized spacial score (nSPS) is 15.1. The van der Waals surface area contributed by atoms with E-state index in [1.807, 2.05) is 35.4 Å². The Bertz CT molecular complexity index is 1050. The van der Waals surface area contributed by atoms with Gasteiger partial charge in [0.1, 0.15) is 0 Å². The molecule has 3 aromatic rings. The summed E-state index contributed by atoms with van der Waals surface area (Å²) in [6, 6.07) is 11.1. The van der Waals surface area contributed by atoms with Crippen LogP contribution in [0.1, 0.15) is 36.8 Å². The number of amides is 1. The van der Waals surface area contributed by atoms with Gasteiger partial charge in [0.05, 0.1) is 12.2 Å². The maximum Gasteiger partial charge on any atom is 0.266 e. The molecule has 1 aromatic carbocycles. The van der Waals surface area contributed by atoms with Crippen molar-refractivity contribution in [3.8, 4) is 0 Å². The van der Waals surface area contributed by atoms with Crippen molar-refractivity contribution < 1.29 is 4.79 Å². The second kappa shape index (κ2) is 6.37. The summed E-state index contributed by atoms with van der Waals surface area (Å²) in [5, 5.41) is 5.61. The predicted molar refractivity (Wildman–Crippen MR) is 105 cm³/mol. The minimum atomic E-state index is -0.104. The zero-order valence-corrected chi connectivity index (χ0v) is 15.9. The quantitative estimate of drug-likeness (QED) is 0.777. The lowest BCUT2D eigenvalue weighted by Crippen LogP contribution is -2.52. The summed E-state index contributed by atoms with van der Waals surface area (Å²) in [5.74, 6) is 0.287. The van der Waals surface area contributed by atoms with Crippen LogP contribution in [0.5, 0.6) is 0 Å². The Morgan fingerprint density at radius 1 is 1.19 bits per heavy atom. The van der Waals surface area contributed by atoms with Gasteiger partial charge in [-0.05, 0) is 29.7 Å². The Labute approximate surface area is 157 Å². The van der Waals surface area contributed by atoms with Crippen LogP contribution in [0.25, 0.3) is 10.9 Å². The van der Waals surface area contributed by atoms with Crippen LogP contribution in [0, 0.1) is 5.92 Å². The molecule has 1 fully saturated rings. The van der Waals surface area contributed by atoms with Crippen molar-refractivity contribution >= 4 is 16.8 Å². The molecule has 0 aliphatic carbocycles. The Morgan fingerprint density at radius 2 is 1.96 bits per heavy atom. The molecule has 0 unspecified atom stereocenters. The van der Waals surface area contributed by atoms with Crippen molar-refractivity contribution in [1.82, 2.24) is 19.7 Å². The largest absolute Gasteiger partial charge is 0.361 e. The highest BCUT2D eigenvalue weighted by molar-refractivity contribution is 5.98.